The van der Waals surface area contributed by atoms with Crippen molar-refractivity contribution < 1.29 is 14.3 Å². The van der Waals surface area contributed by atoms with Crippen molar-refractivity contribution in [1.82, 2.24) is 4.90 Å². The van der Waals surface area contributed by atoms with E-state index in [9.17, 15) is 4.79 Å². The number of ether oxygens (including phenoxy) is 2. The second kappa shape index (κ2) is 9.45. The van der Waals surface area contributed by atoms with Crippen molar-refractivity contribution in [3.63, 3.8) is 0 Å². The largest absolute Gasteiger partial charge is 0.493 e. The van der Waals surface area contributed by atoms with E-state index in [-0.39, 0.29) is 11.9 Å². The SMILES string of the molecule is COc1cc2c(cc1OC)[C@H](c1ccccc1)N(CC(=O)Nc1cccc(C)c1C)CC2. The quantitative estimate of drug-likeness (QED) is 0.604. The van der Waals surface area contributed by atoms with Gasteiger partial charge in [0.05, 0.1) is 26.8 Å². The minimum absolute atomic E-state index is 0.0106. The maximum absolute atomic E-state index is 13.1. The van der Waals surface area contributed by atoms with Crippen LogP contribution in [0.2, 0.25) is 0 Å². The molecule has 0 bridgehead atoms. The fraction of sp³-hybridized carbons (Fsp3) is 0.296. The molecule has 0 saturated heterocycles. The van der Waals surface area contributed by atoms with Gasteiger partial charge in [-0.1, -0.05) is 42.5 Å². The Balaban J connectivity index is 1.66. The van der Waals surface area contributed by atoms with Gasteiger partial charge in [0.25, 0.3) is 0 Å². The van der Waals surface area contributed by atoms with Crippen molar-refractivity contribution in [1.29, 1.82) is 0 Å². The summed E-state index contributed by atoms with van der Waals surface area (Å²) in [6, 6.07) is 20.4. The summed E-state index contributed by atoms with van der Waals surface area (Å²) >= 11 is 0. The summed E-state index contributed by atoms with van der Waals surface area (Å²) < 4.78 is 11.1. The molecule has 0 fully saturated rings. The Hall–Kier alpha value is -3.31. The second-order valence-corrected chi connectivity index (χ2v) is 8.24. The number of rotatable bonds is 6. The maximum atomic E-state index is 13.1. The molecule has 166 valence electrons. The van der Waals surface area contributed by atoms with Crippen molar-refractivity contribution in [3.05, 3.63) is 88.5 Å². The van der Waals surface area contributed by atoms with E-state index >= 15 is 0 Å². The Bertz CT molecular complexity index is 1110. The lowest BCUT2D eigenvalue weighted by Crippen LogP contribution is -2.41. The minimum atomic E-state index is -0.0379. The fourth-order valence-electron chi connectivity index (χ4n) is 4.45. The third-order valence-electron chi connectivity index (χ3n) is 6.31. The van der Waals surface area contributed by atoms with Crippen LogP contribution in [-0.4, -0.2) is 38.1 Å². The molecule has 3 aromatic rings. The number of carbonyl (C=O) groups excluding carboxylic acids is 1. The molecule has 0 aliphatic carbocycles. The molecule has 5 nitrogen and oxygen atoms in total. The standard InChI is InChI=1S/C27H30N2O3/c1-18-9-8-12-23(19(18)2)28-26(30)17-29-14-13-21-15-24(31-3)25(32-4)16-22(21)27(29)20-10-6-5-7-11-20/h5-12,15-16,27H,13-14,17H2,1-4H3,(H,28,30)/t27-/m0/s1. The van der Waals surface area contributed by atoms with Gasteiger partial charge in [0, 0.05) is 12.2 Å². The first-order valence-electron chi connectivity index (χ1n) is 10.9. The Morgan fingerprint density at radius 1 is 1.00 bits per heavy atom. The summed E-state index contributed by atoms with van der Waals surface area (Å²) in [5.74, 6) is 1.43. The lowest BCUT2D eigenvalue weighted by Gasteiger charge is -2.37. The average Bonchev–Trinajstić information content (AvgIpc) is 2.81. The monoisotopic (exact) mass is 430 g/mol. The molecule has 0 radical (unpaired) electrons. The number of nitrogens with one attached hydrogen (secondary N) is 1. The van der Waals surface area contributed by atoms with Gasteiger partial charge in [0.2, 0.25) is 5.91 Å². The number of hydrogen-bond donors (Lipinski definition) is 1. The van der Waals surface area contributed by atoms with Crippen LogP contribution in [0.3, 0.4) is 0 Å². The highest BCUT2D eigenvalue weighted by atomic mass is 16.5. The molecule has 3 aromatic carbocycles. The zero-order valence-corrected chi connectivity index (χ0v) is 19.1. The van der Waals surface area contributed by atoms with E-state index < -0.39 is 0 Å². The lowest BCUT2D eigenvalue weighted by atomic mass is 9.87. The van der Waals surface area contributed by atoms with E-state index in [4.69, 9.17) is 9.47 Å². The van der Waals surface area contributed by atoms with E-state index in [1.54, 1.807) is 14.2 Å². The number of methoxy groups -OCH3 is 2. The van der Waals surface area contributed by atoms with Crippen LogP contribution in [0.4, 0.5) is 5.69 Å². The van der Waals surface area contributed by atoms with E-state index in [0.29, 0.717) is 12.3 Å². The van der Waals surface area contributed by atoms with Gasteiger partial charge in [-0.05, 0) is 66.3 Å². The van der Waals surface area contributed by atoms with Crippen LogP contribution < -0.4 is 14.8 Å². The smallest absolute Gasteiger partial charge is 0.238 e. The topological polar surface area (TPSA) is 50.8 Å². The van der Waals surface area contributed by atoms with E-state index in [0.717, 1.165) is 46.7 Å². The number of amides is 1. The molecule has 5 heteroatoms. The molecule has 0 spiro atoms. The van der Waals surface area contributed by atoms with Gasteiger partial charge in [0.1, 0.15) is 0 Å². The summed E-state index contributed by atoms with van der Waals surface area (Å²) in [5.41, 5.74) is 6.66. The molecule has 1 N–H and O–H groups in total. The van der Waals surface area contributed by atoms with Crippen LogP contribution >= 0.6 is 0 Å². The highest BCUT2D eigenvalue weighted by molar-refractivity contribution is 5.93. The third kappa shape index (κ3) is 4.34. The van der Waals surface area contributed by atoms with Gasteiger partial charge in [-0.2, -0.15) is 0 Å². The summed E-state index contributed by atoms with van der Waals surface area (Å²) in [5, 5.41) is 3.11. The van der Waals surface area contributed by atoms with E-state index in [1.807, 2.05) is 37.3 Å². The highest BCUT2D eigenvalue weighted by Gasteiger charge is 2.31. The number of fused-ring (bicyclic) bond motifs is 1. The van der Waals surface area contributed by atoms with Crippen molar-refractivity contribution >= 4 is 11.6 Å². The van der Waals surface area contributed by atoms with Crippen molar-refractivity contribution in [2.45, 2.75) is 26.3 Å². The molecule has 1 atom stereocenters. The minimum Gasteiger partial charge on any atom is -0.493 e. The maximum Gasteiger partial charge on any atom is 0.238 e. The van der Waals surface area contributed by atoms with Crippen molar-refractivity contribution in [2.75, 3.05) is 32.6 Å². The zero-order chi connectivity index (χ0) is 22.7. The van der Waals surface area contributed by atoms with Crippen LogP contribution in [0.25, 0.3) is 0 Å². The first kappa shape index (κ1) is 21.9. The Kier molecular flexibility index (Phi) is 6.47. The Labute approximate surface area is 190 Å². The molecule has 1 aliphatic rings. The van der Waals surface area contributed by atoms with E-state index in [1.165, 1.54) is 5.56 Å². The Morgan fingerprint density at radius 2 is 1.72 bits per heavy atom. The molecule has 0 aromatic heterocycles. The first-order valence-corrected chi connectivity index (χ1v) is 10.9. The van der Waals surface area contributed by atoms with Crippen molar-refractivity contribution in [2.24, 2.45) is 0 Å². The molecule has 4 rings (SSSR count). The molecule has 1 amide bonds. The van der Waals surface area contributed by atoms with Crippen LogP contribution in [0.1, 0.15) is 33.9 Å². The van der Waals surface area contributed by atoms with Crippen LogP contribution in [0, 0.1) is 13.8 Å². The molecule has 1 heterocycles. The predicted octanol–water partition coefficient (Wildman–Crippen LogP) is 4.91. The number of nitrogens with zero attached hydrogens (tertiary/aromatic N) is 1. The summed E-state index contributed by atoms with van der Waals surface area (Å²) in [4.78, 5) is 15.3. The number of carbonyl (C=O) groups is 1. The fourth-order valence-corrected chi connectivity index (χ4v) is 4.45. The van der Waals surface area contributed by atoms with E-state index in [2.05, 4.69) is 47.5 Å². The van der Waals surface area contributed by atoms with Crippen LogP contribution in [0.15, 0.2) is 60.7 Å². The van der Waals surface area contributed by atoms with Gasteiger partial charge in [-0.25, -0.2) is 0 Å². The predicted molar refractivity (Wildman–Crippen MR) is 128 cm³/mol. The zero-order valence-electron chi connectivity index (χ0n) is 19.1. The van der Waals surface area contributed by atoms with Gasteiger partial charge in [-0.15, -0.1) is 0 Å². The molecule has 1 aliphatic heterocycles. The molecular formula is C27H30N2O3. The molecule has 0 unspecified atom stereocenters. The average molecular weight is 431 g/mol. The highest BCUT2D eigenvalue weighted by Crippen LogP contribution is 2.40. The third-order valence-corrected chi connectivity index (χ3v) is 6.31. The van der Waals surface area contributed by atoms with Crippen LogP contribution in [0.5, 0.6) is 11.5 Å². The summed E-state index contributed by atoms with van der Waals surface area (Å²) in [7, 11) is 3.31. The van der Waals surface area contributed by atoms with Gasteiger partial charge in [-0.3, -0.25) is 9.69 Å². The summed E-state index contributed by atoms with van der Waals surface area (Å²) in [6.07, 6.45) is 0.843. The van der Waals surface area contributed by atoms with Gasteiger partial charge < -0.3 is 14.8 Å². The number of anilines is 1. The van der Waals surface area contributed by atoms with Gasteiger partial charge >= 0.3 is 0 Å². The normalized spacial score (nSPS) is 15.7. The number of benzene rings is 3. The van der Waals surface area contributed by atoms with Gasteiger partial charge in [0.15, 0.2) is 11.5 Å². The number of hydrogen-bond acceptors (Lipinski definition) is 4. The molecule has 0 saturated carbocycles. The Morgan fingerprint density at radius 3 is 2.44 bits per heavy atom. The molecule has 32 heavy (non-hydrogen) atoms. The second-order valence-electron chi connectivity index (χ2n) is 8.24. The van der Waals surface area contributed by atoms with Crippen molar-refractivity contribution in [3.8, 4) is 11.5 Å². The lowest BCUT2D eigenvalue weighted by molar-refractivity contribution is -0.117. The number of aryl methyl sites for hydroxylation is 1. The van der Waals surface area contributed by atoms with Crippen LogP contribution in [-0.2, 0) is 11.2 Å². The molecular weight excluding hydrogens is 400 g/mol. The summed E-state index contributed by atoms with van der Waals surface area (Å²) in [6.45, 7) is 5.18. The first-order chi connectivity index (χ1) is 15.5.